The number of amides is 2. The number of aliphatic hydroxyl groups excluding tert-OH is 4. The minimum Gasteiger partial charge on any atom is -0.448 e. The lowest BCUT2D eigenvalue weighted by atomic mass is 10.0. The maximum absolute atomic E-state index is 13.2. The lowest BCUT2D eigenvalue weighted by Gasteiger charge is -2.31. The van der Waals surface area contributed by atoms with E-state index >= 15 is 0 Å². The Morgan fingerprint density at radius 3 is 2.52 bits per heavy atom. The third kappa shape index (κ3) is 5.02. The number of carbonyl (C=O) groups excluding carboxylic acids is 2. The van der Waals surface area contributed by atoms with E-state index < -0.39 is 25.0 Å². The molecule has 0 bridgehead atoms. The van der Waals surface area contributed by atoms with E-state index in [0.717, 1.165) is 10.5 Å². The third-order valence-corrected chi connectivity index (χ3v) is 7.51. The largest absolute Gasteiger partial charge is 0.448 e. The highest BCUT2D eigenvalue weighted by Gasteiger charge is 2.46. The number of hydrogen-bond donors (Lipinski definition) is 4. The molecule has 3 rings (SSSR count). The Balaban J connectivity index is 1.93. The topological polar surface area (TPSA) is 131 Å². The van der Waals surface area contributed by atoms with E-state index in [4.69, 9.17) is 9.84 Å². The monoisotopic (exact) mass is 470 g/mol. The van der Waals surface area contributed by atoms with Crippen molar-refractivity contribution in [2.24, 2.45) is 0 Å². The lowest BCUT2D eigenvalue weighted by molar-refractivity contribution is 0.0493. The molecule has 2 aliphatic heterocycles. The highest BCUT2D eigenvalue weighted by molar-refractivity contribution is 8.76. The van der Waals surface area contributed by atoms with E-state index in [0.29, 0.717) is 29.1 Å². The summed E-state index contributed by atoms with van der Waals surface area (Å²) in [5.74, 6) is 0.671. The molecule has 0 aromatic heterocycles. The van der Waals surface area contributed by atoms with Gasteiger partial charge in [0.25, 0.3) is 5.91 Å². The molecule has 1 aromatic carbocycles. The molecule has 4 N–H and O–H groups in total. The maximum Gasteiger partial charge on any atom is 0.416 e. The van der Waals surface area contributed by atoms with Gasteiger partial charge in [-0.1, -0.05) is 33.7 Å². The number of benzene rings is 1. The molecule has 0 saturated carbocycles. The van der Waals surface area contributed by atoms with Crippen LogP contribution in [0.5, 0.6) is 0 Å². The Hall–Kier alpha value is -1.76. The molecule has 2 heterocycles. The summed E-state index contributed by atoms with van der Waals surface area (Å²) in [4.78, 5) is 28.7. The molecule has 2 atom stereocenters. The van der Waals surface area contributed by atoms with Crippen LogP contribution < -0.4 is 4.90 Å². The summed E-state index contributed by atoms with van der Waals surface area (Å²) >= 11 is 0. The van der Waals surface area contributed by atoms with Crippen molar-refractivity contribution < 1.29 is 34.8 Å². The molecule has 31 heavy (non-hydrogen) atoms. The van der Waals surface area contributed by atoms with Crippen LogP contribution in [0.1, 0.15) is 27.9 Å². The van der Waals surface area contributed by atoms with Crippen molar-refractivity contribution in [1.29, 1.82) is 0 Å². The number of carbonyl (C=O) groups is 2. The van der Waals surface area contributed by atoms with Gasteiger partial charge in [0.05, 0.1) is 37.1 Å². The first kappa shape index (κ1) is 23.9. The van der Waals surface area contributed by atoms with Crippen molar-refractivity contribution in [3.8, 4) is 0 Å². The second kappa shape index (κ2) is 10.7. The highest BCUT2D eigenvalue weighted by atomic mass is 33.1. The molecule has 1 unspecified atom stereocenters. The van der Waals surface area contributed by atoms with Gasteiger partial charge in [-0.3, -0.25) is 4.79 Å². The van der Waals surface area contributed by atoms with Gasteiger partial charge in [-0.25, -0.2) is 9.69 Å². The van der Waals surface area contributed by atoms with E-state index in [1.807, 2.05) is 0 Å². The summed E-state index contributed by atoms with van der Waals surface area (Å²) < 4.78 is 5.35. The Labute approximate surface area is 188 Å². The number of rotatable bonds is 8. The first-order valence-electron chi connectivity index (χ1n) is 9.77. The van der Waals surface area contributed by atoms with Gasteiger partial charge in [-0.2, -0.15) is 0 Å². The number of aliphatic hydroxyl groups is 4. The highest BCUT2D eigenvalue weighted by Crippen LogP contribution is 2.37. The van der Waals surface area contributed by atoms with Crippen molar-refractivity contribution in [2.45, 2.75) is 31.9 Å². The third-order valence-electron chi connectivity index (χ3n) is 5.16. The zero-order chi connectivity index (χ0) is 22.5. The molecule has 11 heteroatoms. The standard InChI is InChI=1S/C20H26N2O7S2/c1-12-6-17-19(27)22(20(28)29-3-5-31-30-4-2-23)16-8-14(11-25)13(10-24)7-15(16)18(26)21(17)9-12/h7-8,17,19,23-25,27H,1-6,9-11H2/t17-,19?/m0/s1. The fourth-order valence-electron chi connectivity index (χ4n) is 3.72. The predicted octanol–water partition coefficient (Wildman–Crippen LogP) is 1.09. The van der Waals surface area contributed by atoms with Crippen LogP contribution in [0.4, 0.5) is 10.5 Å². The fourth-order valence-corrected chi connectivity index (χ4v) is 5.32. The van der Waals surface area contributed by atoms with Gasteiger partial charge in [0.2, 0.25) is 0 Å². The summed E-state index contributed by atoms with van der Waals surface area (Å²) in [6.07, 6.45) is -1.83. The zero-order valence-corrected chi connectivity index (χ0v) is 18.5. The molecule has 2 aliphatic rings. The Bertz CT molecular complexity index is 851. The summed E-state index contributed by atoms with van der Waals surface area (Å²) in [5.41, 5.74) is 1.75. The normalized spacial score (nSPS) is 20.5. The number of fused-ring (bicyclic) bond motifs is 2. The quantitative estimate of drug-likeness (QED) is 0.250. The Kier molecular flexibility index (Phi) is 8.25. The summed E-state index contributed by atoms with van der Waals surface area (Å²) in [5, 5.41) is 39.2. The van der Waals surface area contributed by atoms with E-state index in [1.54, 1.807) is 0 Å². The van der Waals surface area contributed by atoms with Gasteiger partial charge in [-0.05, 0) is 29.7 Å². The lowest BCUT2D eigenvalue weighted by Crippen LogP contribution is -2.51. The SMILES string of the molecule is C=C1C[C@H]2C(O)N(C(=O)OCCSSCCO)c3cc(CO)c(CO)cc3C(=O)N2C1. The van der Waals surface area contributed by atoms with Gasteiger partial charge >= 0.3 is 6.09 Å². The molecular weight excluding hydrogens is 444 g/mol. The van der Waals surface area contributed by atoms with E-state index in [-0.39, 0.29) is 43.5 Å². The second-order valence-electron chi connectivity index (χ2n) is 7.17. The van der Waals surface area contributed by atoms with Crippen LogP contribution >= 0.6 is 21.6 Å². The second-order valence-corrected chi connectivity index (χ2v) is 9.88. The van der Waals surface area contributed by atoms with Crippen LogP contribution in [0.15, 0.2) is 24.3 Å². The van der Waals surface area contributed by atoms with E-state index in [1.165, 1.54) is 38.6 Å². The predicted molar refractivity (Wildman–Crippen MR) is 119 cm³/mol. The van der Waals surface area contributed by atoms with Gasteiger partial charge in [0, 0.05) is 18.1 Å². The molecule has 1 saturated heterocycles. The minimum absolute atomic E-state index is 0.0639. The zero-order valence-electron chi connectivity index (χ0n) is 16.9. The van der Waals surface area contributed by atoms with Crippen molar-refractivity contribution in [3.63, 3.8) is 0 Å². The van der Waals surface area contributed by atoms with E-state index in [2.05, 4.69) is 6.58 Å². The van der Waals surface area contributed by atoms with Crippen molar-refractivity contribution in [1.82, 2.24) is 4.90 Å². The molecule has 1 aromatic rings. The smallest absolute Gasteiger partial charge is 0.416 e. The van der Waals surface area contributed by atoms with Crippen LogP contribution in [0.3, 0.4) is 0 Å². The summed E-state index contributed by atoms with van der Waals surface area (Å²) in [6, 6.07) is 2.21. The van der Waals surface area contributed by atoms with Gasteiger partial charge in [0.1, 0.15) is 6.61 Å². The summed E-state index contributed by atoms with van der Waals surface area (Å²) in [6.45, 7) is 3.53. The van der Waals surface area contributed by atoms with Crippen molar-refractivity contribution in [3.05, 3.63) is 41.0 Å². The molecule has 1 fully saturated rings. The first-order valence-corrected chi connectivity index (χ1v) is 12.3. The Morgan fingerprint density at radius 1 is 1.16 bits per heavy atom. The van der Waals surface area contributed by atoms with Crippen molar-refractivity contribution >= 4 is 39.3 Å². The molecule has 0 spiro atoms. The van der Waals surface area contributed by atoms with Crippen molar-refractivity contribution in [2.75, 3.05) is 36.2 Å². The van der Waals surface area contributed by atoms with Crippen LogP contribution in [0, 0.1) is 0 Å². The van der Waals surface area contributed by atoms with E-state index in [9.17, 15) is 24.9 Å². The number of nitrogens with zero attached hydrogens (tertiary/aromatic N) is 2. The van der Waals surface area contributed by atoms with Gasteiger partial charge in [0.15, 0.2) is 6.23 Å². The molecule has 2 amide bonds. The molecule has 170 valence electrons. The average molecular weight is 471 g/mol. The summed E-state index contributed by atoms with van der Waals surface area (Å²) in [7, 11) is 2.90. The Morgan fingerprint density at radius 2 is 1.84 bits per heavy atom. The maximum atomic E-state index is 13.2. The number of ether oxygens (including phenoxy) is 1. The molecular formula is C20H26N2O7S2. The molecule has 0 aliphatic carbocycles. The first-order chi connectivity index (χ1) is 14.9. The number of anilines is 1. The minimum atomic E-state index is -1.36. The van der Waals surface area contributed by atoms with Crippen LogP contribution in [0.25, 0.3) is 0 Å². The van der Waals surface area contributed by atoms with Crippen LogP contribution in [-0.2, 0) is 18.0 Å². The van der Waals surface area contributed by atoms with Gasteiger partial charge in [-0.15, -0.1) is 0 Å². The number of hydrogen-bond acceptors (Lipinski definition) is 9. The fraction of sp³-hybridized carbons (Fsp3) is 0.500. The van der Waals surface area contributed by atoms with Gasteiger partial charge < -0.3 is 30.1 Å². The van der Waals surface area contributed by atoms with Crippen LogP contribution in [0.2, 0.25) is 0 Å². The molecule has 9 nitrogen and oxygen atoms in total. The van der Waals surface area contributed by atoms with Crippen LogP contribution in [-0.4, -0.2) is 80.9 Å². The molecule has 0 radical (unpaired) electrons. The average Bonchev–Trinajstić information content (AvgIpc) is 3.13.